The van der Waals surface area contributed by atoms with Crippen molar-refractivity contribution in [3.63, 3.8) is 0 Å². The minimum Gasteiger partial charge on any atom is -0.432 e. The number of hydrogen-bond donors (Lipinski definition) is 0. The Labute approximate surface area is 121 Å². The van der Waals surface area contributed by atoms with Crippen LogP contribution < -0.4 is 0 Å². The molecule has 5 heteroatoms. The molecule has 0 aliphatic heterocycles. The summed E-state index contributed by atoms with van der Waals surface area (Å²) in [5.74, 6) is -0.740. The fourth-order valence-corrected chi connectivity index (χ4v) is 1.40. The number of ether oxygens (including phenoxy) is 3. The van der Waals surface area contributed by atoms with Crippen molar-refractivity contribution < 1.29 is 19.0 Å². The lowest BCUT2D eigenvalue weighted by Gasteiger charge is -2.19. The summed E-state index contributed by atoms with van der Waals surface area (Å²) < 4.78 is 16.0. The summed E-state index contributed by atoms with van der Waals surface area (Å²) in [4.78, 5) is 11.4. The van der Waals surface area contributed by atoms with Gasteiger partial charge in [0.25, 0.3) is 0 Å². The van der Waals surface area contributed by atoms with Gasteiger partial charge in [0.15, 0.2) is 0 Å². The van der Waals surface area contributed by atoms with Crippen LogP contribution in [0.25, 0.3) is 0 Å². The number of hydrogen-bond acceptors (Lipinski definition) is 5. The SMILES string of the molecule is C=C(C#N)C(=O)OC(CC)OCC(C)OCCCCC. The Morgan fingerprint density at radius 1 is 1.30 bits per heavy atom. The van der Waals surface area contributed by atoms with E-state index in [1.165, 1.54) is 0 Å². The normalized spacial score (nSPS) is 13.3. The van der Waals surface area contributed by atoms with Crippen LogP contribution in [0.2, 0.25) is 0 Å². The van der Waals surface area contributed by atoms with Gasteiger partial charge < -0.3 is 14.2 Å². The third-order valence-corrected chi connectivity index (χ3v) is 2.62. The molecule has 0 saturated carbocycles. The first-order valence-corrected chi connectivity index (χ1v) is 7.08. The van der Waals surface area contributed by atoms with E-state index in [2.05, 4.69) is 13.5 Å². The highest BCUT2D eigenvalue weighted by Crippen LogP contribution is 2.06. The number of nitriles is 1. The smallest absolute Gasteiger partial charge is 0.350 e. The van der Waals surface area contributed by atoms with E-state index in [1.54, 1.807) is 6.07 Å². The highest BCUT2D eigenvalue weighted by molar-refractivity contribution is 5.91. The number of nitrogens with zero attached hydrogens (tertiary/aromatic N) is 1. The highest BCUT2D eigenvalue weighted by atomic mass is 16.7. The first-order chi connectivity index (χ1) is 9.54. The Morgan fingerprint density at radius 3 is 2.55 bits per heavy atom. The first kappa shape index (κ1) is 18.6. The molecule has 0 aromatic heterocycles. The Balaban J connectivity index is 3.91. The summed E-state index contributed by atoms with van der Waals surface area (Å²) in [6, 6.07) is 1.65. The Hall–Kier alpha value is -1.38. The quantitative estimate of drug-likeness (QED) is 0.192. The van der Waals surface area contributed by atoms with Crippen molar-refractivity contribution in [2.24, 2.45) is 0 Å². The third kappa shape index (κ3) is 8.68. The van der Waals surface area contributed by atoms with Gasteiger partial charge in [-0.1, -0.05) is 33.3 Å². The number of carbonyl (C=O) groups is 1. The molecule has 0 radical (unpaired) electrons. The lowest BCUT2D eigenvalue weighted by Crippen LogP contribution is -2.26. The van der Waals surface area contributed by atoms with E-state index >= 15 is 0 Å². The standard InChI is InChI=1S/C15H25NO4/c1-5-7-8-9-18-13(4)11-19-14(6-2)20-15(17)12(3)10-16/h13-14H,3,5-9,11H2,1-2,4H3. The number of rotatable bonds is 11. The molecule has 0 heterocycles. The fourth-order valence-electron chi connectivity index (χ4n) is 1.40. The summed E-state index contributed by atoms with van der Waals surface area (Å²) in [6.07, 6.45) is 3.12. The van der Waals surface area contributed by atoms with Gasteiger partial charge >= 0.3 is 5.97 Å². The number of esters is 1. The lowest BCUT2D eigenvalue weighted by molar-refractivity contribution is -0.181. The second-order valence-electron chi connectivity index (χ2n) is 4.56. The summed E-state index contributed by atoms with van der Waals surface area (Å²) in [5, 5.41) is 8.54. The third-order valence-electron chi connectivity index (χ3n) is 2.62. The van der Waals surface area contributed by atoms with Crippen molar-refractivity contribution in [3.8, 4) is 6.07 Å². The predicted octanol–water partition coefficient (Wildman–Crippen LogP) is 2.96. The van der Waals surface area contributed by atoms with E-state index in [0.717, 1.165) is 19.3 Å². The van der Waals surface area contributed by atoms with Crippen LogP contribution in [0.5, 0.6) is 0 Å². The van der Waals surface area contributed by atoms with Crippen LogP contribution in [0.15, 0.2) is 12.2 Å². The molecule has 2 unspecified atom stereocenters. The van der Waals surface area contributed by atoms with E-state index in [0.29, 0.717) is 19.6 Å². The second-order valence-corrected chi connectivity index (χ2v) is 4.56. The molecule has 0 N–H and O–H groups in total. The van der Waals surface area contributed by atoms with E-state index in [9.17, 15) is 4.79 Å². The molecule has 0 amide bonds. The topological polar surface area (TPSA) is 68.6 Å². The molecule has 0 aromatic carbocycles. The highest BCUT2D eigenvalue weighted by Gasteiger charge is 2.16. The largest absolute Gasteiger partial charge is 0.432 e. The summed E-state index contributed by atoms with van der Waals surface area (Å²) in [7, 11) is 0. The van der Waals surface area contributed by atoms with Crippen molar-refractivity contribution in [2.75, 3.05) is 13.2 Å². The summed E-state index contributed by atoms with van der Waals surface area (Å²) >= 11 is 0. The molecule has 0 fully saturated rings. The van der Waals surface area contributed by atoms with Crippen LogP contribution in [-0.4, -0.2) is 31.6 Å². The minimum atomic E-state index is -0.740. The van der Waals surface area contributed by atoms with Crippen molar-refractivity contribution in [2.45, 2.75) is 58.8 Å². The molecule has 0 aliphatic rings. The molecule has 0 rings (SSSR count). The maximum atomic E-state index is 11.4. The van der Waals surface area contributed by atoms with E-state index < -0.39 is 12.3 Å². The monoisotopic (exact) mass is 283 g/mol. The van der Waals surface area contributed by atoms with Crippen molar-refractivity contribution in [1.82, 2.24) is 0 Å². The maximum Gasteiger partial charge on any atom is 0.350 e. The van der Waals surface area contributed by atoms with Gasteiger partial charge in [-0.05, 0) is 13.3 Å². The molecule has 0 spiro atoms. The van der Waals surface area contributed by atoms with Gasteiger partial charge in [-0.3, -0.25) is 0 Å². The molecule has 5 nitrogen and oxygen atoms in total. The molecule has 0 bridgehead atoms. The van der Waals surface area contributed by atoms with Crippen LogP contribution >= 0.6 is 0 Å². The van der Waals surface area contributed by atoms with Gasteiger partial charge in [0, 0.05) is 13.0 Å². The van der Waals surface area contributed by atoms with Gasteiger partial charge in [-0.15, -0.1) is 0 Å². The zero-order valence-corrected chi connectivity index (χ0v) is 12.7. The second kappa shape index (κ2) is 11.4. The molecule has 2 atom stereocenters. The van der Waals surface area contributed by atoms with Crippen molar-refractivity contribution in [1.29, 1.82) is 5.26 Å². The average molecular weight is 283 g/mol. The summed E-state index contributed by atoms with van der Waals surface area (Å²) in [5.41, 5.74) is -0.226. The summed E-state index contributed by atoms with van der Waals surface area (Å²) in [6.45, 7) is 10.2. The van der Waals surface area contributed by atoms with Crippen molar-refractivity contribution in [3.05, 3.63) is 12.2 Å². The predicted molar refractivity (Wildman–Crippen MR) is 75.8 cm³/mol. The van der Waals surface area contributed by atoms with Crippen LogP contribution in [0.1, 0.15) is 46.5 Å². The van der Waals surface area contributed by atoms with Crippen LogP contribution in [0.4, 0.5) is 0 Å². The number of carbonyl (C=O) groups excluding carboxylic acids is 1. The van der Waals surface area contributed by atoms with Gasteiger partial charge in [-0.25, -0.2) is 4.79 Å². The van der Waals surface area contributed by atoms with Crippen LogP contribution in [-0.2, 0) is 19.0 Å². The Morgan fingerprint density at radius 2 is 2.00 bits per heavy atom. The molecule has 20 heavy (non-hydrogen) atoms. The van der Waals surface area contributed by atoms with Gasteiger partial charge in [0.2, 0.25) is 6.29 Å². The Kier molecular flexibility index (Phi) is 10.7. The maximum absolute atomic E-state index is 11.4. The van der Waals surface area contributed by atoms with Gasteiger partial charge in [0.05, 0.1) is 12.7 Å². The molecular formula is C15H25NO4. The average Bonchev–Trinajstić information content (AvgIpc) is 2.46. The molecule has 0 aliphatic carbocycles. The molecular weight excluding hydrogens is 258 g/mol. The van der Waals surface area contributed by atoms with E-state index in [4.69, 9.17) is 19.5 Å². The van der Waals surface area contributed by atoms with Crippen LogP contribution in [0.3, 0.4) is 0 Å². The van der Waals surface area contributed by atoms with Crippen molar-refractivity contribution >= 4 is 5.97 Å². The molecule has 0 aromatic rings. The zero-order valence-electron chi connectivity index (χ0n) is 12.7. The van der Waals surface area contributed by atoms with E-state index in [-0.39, 0.29) is 11.7 Å². The lowest BCUT2D eigenvalue weighted by atomic mass is 10.3. The number of unbranched alkanes of at least 4 members (excludes halogenated alkanes) is 2. The minimum absolute atomic E-state index is 0.0567. The zero-order chi connectivity index (χ0) is 15.4. The fraction of sp³-hybridized carbons (Fsp3) is 0.733. The molecule has 0 saturated heterocycles. The Bertz CT molecular complexity index is 335. The van der Waals surface area contributed by atoms with E-state index in [1.807, 2.05) is 13.8 Å². The molecule has 114 valence electrons. The van der Waals surface area contributed by atoms with Crippen LogP contribution in [0, 0.1) is 11.3 Å². The van der Waals surface area contributed by atoms with Gasteiger partial charge in [0.1, 0.15) is 11.6 Å². The first-order valence-electron chi connectivity index (χ1n) is 7.08. The van der Waals surface area contributed by atoms with Gasteiger partial charge in [-0.2, -0.15) is 5.26 Å².